The maximum Gasteiger partial charge on any atom is 0.259 e. The summed E-state index contributed by atoms with van der Waals surface area (Å²) in [5.41, 5.74) is 2.30. The lowest BCUT2D eigenvalue weighted by Gasteiger charge is -2.24. The van der Waals surface area contributed by atoms with Crippen molar-refractivity contribution in [2.45, 2.75) is 31.2 Å². The Balaban J connectivity index is 1.36. The van der Waals surface area contributed by atoms with Gasteiger partial charge in [0.15, 0.2) is 5.16 Å². The van der Waals surface area contributed by atoms with Crippen LogP contribution in [0.3, 0.4) is 0 Å². The Morgan fingerprint density at radius 2 is 2.11 bits per heavy atom. The van der Waals surface area contributed by atoms with Gasteiger partial charge in [0.05, 0.1) is 17.9 Å². The third kappa shape index (κ3) is 2.53. The van der Waals surface area contributed by atoms with E-state index in [2.05, 4.69) is 14.9 Å². The molecule has 0 bridgehead atoms. The molecule has 136 valence electrons. The van der Waals surface area contributed by atoms with Gasteiger partial charge in [-0.15, -0.1) is 0 Å². The van der Waals surface area contributed by atoms with Crippen molar-refractivity contribution in [3.63, 3.8) is 0 Å². The fourth-order valence-electron chi connectivity index (χ4n) is 3.81. The molecule has 0 fully saturated rings. The van der Waals surface area contributed by atoms with Crippen LogP contribution in [-0.4, -0.2) is 33.2 Å². The summed E-state index contributed by atoms with van der Waals surface area (Å²) in [7, 11) is 0. The molecule has 0 saturated heterocycles. The number of rotatable bonds is 4. The maximum atomic E-state index is 12.9. The normalized spacial score (nSPS) is 16.0. The van der Waals surface area contributed by atoms with Crippen LogP contribution < -0.4 is 10.2 Å². The molecule has 1 N–H and O–H groups in total. The minimum absolute atomic E-state index is 0.123. The van der Waals surface area contributed by atoms with E-state index in [4.69, 9.17) is 0 Å². The second kappa shape index (κ2) is 6.13. The molecule has 3 aromatic rings. The highest BCUT2D eigenvalue weighted by molar-refractivity contribution is 7.99. The van der Waals surface area contributed by atoms with E-state index in [9.17, 15) is 9.59 Å². The Hall–Kier alpha value is -2.80. The van der Waals surface area contributed by atoms with Crippen LogP contribution >= 0.6 is 11.8 Å². The fourth-order valence-corrected chi connectivity index (χ4v) is 4.78. The van der Waals surface area contributed by atoms with Crippen molar-refractivity contribution >= 4 is 40.0 Å². The molecule has 7 heteroatoms. The molecule has 2 aromatic carbocycles. The first-order valence-electron chi connectivity index (χ1n) is 8.95. The van der Waals surface area contributed by atoms with Crippen LogP contribution in [0.1, 0.15) is 23.0 Å². The Kier molecular flexibility index (Phi) is 3.72. The van der Waals surface area contributed by atoms with E-state index >= 15 is 0 Å². The van der Waals surface area contributed by atoms with Crippen molar-refractivity contribution in [1.82, 2.24) is 14.9 Å². The number of hydrogen-bond donors (Lipinski definition) is 1. The van der Waals surface area contributed by atoms with Gasteiger partial charge in [0.2, 0.25) is 5.91 Å². The van der Waals surface area contributed by atoms with Crippen LogP contribution in [0.2, 0.25) is 0 Å². The molecule has 1 aromatic heterocycles. The number of fused-ring (bicyclic) bond motifs is 1. The van der Waals surface area contributed by atoms with E-state index in [1.165, 1.54) is 0 Å². The number of benzene rings is 2. The van der Waals surface area contributed by atoms with E-state index in [1.54, 1.807) is 23.6 Å². The molecule has 2 amide bonds. The van der Waals surface area contributed by atoms with Crippen LogP contribution in [0.4, 0.5) is 5.69 Å². The topological polar surface area (TPSA) is 67.2 Å². The fraction of sp³-hybridized carbons (Fsp3) is 0.250. The molecule has 2 aliphatic heterocycles. The lowest BCUT2D eigenvalue weighted by molar-refractivity contribution is -0.122. The maximum absolute atomic E-state index is 12.9. The first kappa shape index (κ1) is 16.4. The number of anilines is 1. The zero-order valence-corrected chi connectivity index (χ0v) is 15.6. The Bertz CT molecular complexity index is 1060. The van der Waals surface area contributed by atoms with Crippen molar-refractivity contribution in [3.05, 3.63) is 53.9 Å². The summed E-state index contributed by atoms with van der Waals surface area (Å²) in [5, 5.41) is 5.87. The van der Waals surface area contributed by atoms with Gasteiger partial charge >= 0.3 is 0 Å². The highest BCUT2D eigenvalue weighted by Gasteiger charge is 2.35. The number of imidazole rings is 1. The minimum atomic E-state index is -0.598. The number of carbonyl (C=O) groups is 2. The van der Waals surface area contributed by atoms with Gasteiger partial charge in [-0.25, -0.2) is 4.98 Å². The molecule has 6 nitrogen and oxygen atoms in total. The zero-order valence-electron chi connectivity index (χ0n) is 14.8. The van der Waals surface area contributed by atoms with Gasteiger partial charge in [0, 0.05) is 29.4 Å². The zero-order chi connectivity index (χ0) is 18.5. The van der Waals surface area contributed by atoms with E-state index in [1.807, 2.05) is 42.6 Å². The molecule has 1 atom stereocenters. The highest BCUT2D eigenvalue weighted by Crippen LogP contribution is 2.38. The van der Waals surface area contributed by atoms with Gasteiger partial charge in [-0.1, -0.05) is 36.0 Å². The monoisotopic (exact) mass is 378 g/mol. The molecule has 2 aliphatic rings. The number of thioether (sulfide) groups is 1. The first-order chi connectivity index (χ1) is 13.1. The summed E-state index contributed by atoms with van der Waals surface area (Å²) in [4.78, 5) is 31.8. The number of amides is 2. The second-order valence-electron chi connectivity index (χ2n) is 6.81. The van der Waals surface area contributed by atoms with Gasteiger partial charge in [-0.2, -0.15) is 0 Å². The van der Waals surface area contributed by atoms with Crippen LogP contribution in [-0.2, 0) is 17.9 Å². The molecule has 3 heterocycles. The molecular formula is C20H18N4O2S. The summed E-state index contributed by atoms with van der Waals surface area (Å²) >= 11 is 1.73. The number of carbonyl (C=O) groups excluding carboxylic acids is 2. The second-order valence-corrected chi connectivity index (χ2v) is 7.87. The summed E-state index contributed by atoms with van der Waals surface area (Å²) in [5.74, 6) is 0.741. The SMILES string of the molecule is C[C@H](C(=O)NCc1cn2c(n1)SCC2)N1C(=O)c2cccc3cccc1c23. The van der Waals surface area contributed by atoms with E-state index in [0.717, 1.165) is 39.6 Å². The van der Waals surface area contributed by atoms with E-state index in [-0.39, 0.29) is 11.8 Å². The van der Waals surface area contributed by atoms with Gasteiger partial charge in [0.1, 0.15) is 6.04 Å². The Morgan fingerprint density at radius 1 is 1.30 bits per heavy atom. The van der Waals surface area contributed by atoms with Crippen molar-refractivity contribution in [3.8, 4) is 0 Å². The van der Waals surface area contributed by atoms with Gasteiger partial charge < -0.3 is 9.88 Å². The molecule has 5 rings (SSSR count). The van der Waals surface area contributed by atoms with Crippen molar-refractivity contribution in [1.29, 1.82) is 0 Å². The summed E-state index contributed by atoms with van der Waals surface area (Å²) in [6.07, 6.45) is 1.98. The Morgan fingerprint density at radius 3 is 2.93 bits per heavy atom. The number of hydrogen-bond acceptors (Lipinski definition) is 4. The number of aryl methyl sites for hydroxylation is 1. The minimum Gasteiger partial charge on any atom is -0.349 e. The van der Waals surface area contributed by atoms with Gasteiger partial charge in [-0.3, -0.25) is 14.5 Å². The van der Waals surface area contributed by atoms with Crippen molar-refractivity contribution < 1.29 is 9.59 Å². The molecular weight excluding hydrogens is 360 g/mol. The average Bonchev–Trinajstić information content (AvgIpc) is 3.34. The lowest BCUT2D eigenvalue weighted by Crippen LogP contribution is -2.46. The number of nitrogens with zero attached hydrogens (tertiary/aromatic N) is 3. The first-order valence-corrected chi connectivity index (χ1v) is 9.94. The third-order valence-corrected chi connectivity index (χ3v) is 6.13. The number of nitrogens with one attached hydrogen (secondary N) is 1. The predicted octanol–water partition coefficient (Wildman–Crippen LogP) is 2.81. The van der Waals surface area contributed by atoms with Crippen molar-refractivity contribution in [2.24, 2.45) is 0 Å². The van der Waals surface area contributed by atoms with Crippen molar-refractivity contribution in [2.75, 3.05) is 10.7 Å². The highest BCUT2D eigenvalue weighted by atomic mass is 32.2. The third-order valence-electron chi connectivity index (χ3n) is 5.16. The summed E-state index contributed by atoms with van der Waals surface area (Å²) < 4.78 is 2.11. The van der Waals surface area contributed by atoms with Crippen LogP contribution in [0.5, 0.6) is 0 Å². The summed E-state index contributed by atoms with van der Waals surface area (Å²) in [6.45, 7) is 3.09. The van der Waals surface area contributed by atoms with Gasteiger partial charge in [-0.05, 0) is 24.4 Å². The molecule has 0 unspecified atom stereocenters. The van der Waals surface area contributed by atoms with Crippen LogP contribution in [0.15, 0.2) is 47.8 Å². The van der Waals surface area contributed by atoms with E-state index in [0.29, 0.717) is 12.1 Å². The molecule has 27 heavy (non-hydrogen) atoms. The standard InChI is InChI=1S/C20H18N4O2S/c1-12(18(25)21-10-14-11-23-8-9-27-20(23)22-14)24-16-7-3-5-13-4-2-6-15(17(13)16)19(24)26/h2-7,11-12H,8-10H2,1H3,(H,21,25)/t12-/m1/s1. The van der Waals surface area contributed by atoms with Gasteiger partial charge in [0.25, 0.3) is 5.91 Å². The van der Waals surface area contributed by atoms with E-state index < -0.39 is 6.04 Å². The van der Waals surface area contributed by atoms with Crippen LogP contribution in [0, 0.1) is 0 Å². The molecule has 0 saturated carbocycles. The largest absolute Gasteiger partial charge is 0.349 e. The number of aromatic nitrogens is 2. The smallest absolute Gasteiger partial charge is 0.259 e. The molecule has 0 spiro atoms. The summed E-state index contributed by atoms with van der Waals surface area (Å²) in [6, 6.07) is 10.9. The molecule has 0 aliphatic carbocycles. The predicted molar refractivity (Wildman–Crippen MR) is 105 cm³/mol. The average molecular weight is 378 g/mol. The quantitative estimate of drug-likeness (QED) is 0.758. The molecule has 0 radical (unpaired) electrons. The van der Waals surface area contributed by atoms with Crippen LogP contribution in [0.25, 0.3) is 10.8 Å². The lowest BCUT2D eigenvalue weighted by atomic mass is 10.1. The Labute approximate surface area is 160 Å².